The Balaban J connectivity index is 0.000000435. The van der Waals surface area contributed by atoms with Gasteiger partial charge < -0.3 is 25.7 Å². The van der Waals surface area contributed by atoms with Gasteiger partial charge in [0.2, 0.25) is 0 Å². The number of carboxylic acids is 1. The Kier molecular flexibility index (Phi) is 23.7. The van der Waals surface area contributed by atoms with Crippen LogP contribution in [0.4, 0.5) is 34.1 Å². The van der Waals surface area contributed by atoms with E-state index >= 15 is 0 Å². The van der Waals surface area contributed by atoms with Crippen molar-refractivity contribution in [1.29, 1.82) is 0 Å². The SMILES string of the molecule is Cc1ccc(N(c2ccc(/C=C/c3ccnc(-c4cc(/C=C/c5ccc(N(c6ccc(C)cc6C)c6ccc(C)cc6C)cc5)ccn4)c3)cc2)c2ccc(C)cc2C)c(C)c1.O=C(O)c1ccnc(-c2ccccn2)c1.[N-]=C=S.[N-]=C=S.[Ru+2]. The summed E-state index contributed by atoms with van der Waals surface area (Å²) in [5.74, 6) is -0.963. The summed E-state index contributed by atoms with van der Waals surface area (Å²) in [6.45, 7) is 17.3. The molecular formula is C71H62N8O2RuS2. The van der Waals surface area contributed by atoms with Gasteiger partial charge in [0.25, 0.3) is 0 Å². The van der Waals surface area contributed by atoms with Crippen LogP contribution in [0.15, 0.2) is 201 Å². The molecule has 0 atom stereocenters. The van der Waals surface area contributed by atoms with E-state index in [0.717, 1.165) is 45.0 Å². The van der Waals surface area contributed by atoms with Crippen LogP contribution in [0.2, 0.25) is 0 Å². The van der Waals surface area contributed by atoms with Crippen molar-refractivity contribution in [2.24, 2.45) is 0 Å². The van der Waals surface area contributed by atoms with Crippen molar-refractivity contribution in [3.8, 4) is 22.8 Å². The average Bonchev–Trinajstić information content (AvgIpc) is 3.53. The summed E-state index contributed by atoms with van der Waals surface area (Å²) in [7, 11) is 0. The first-order valence-corrected chi connectivity index (χ1v) is 27.4. The van der Waals surface area contributed by atoms with Gasteiger partial charge in [-0.3, -0.25) is 19.9 Å². The second-order valence-electron chi connectivity index (χ2n) is 19.8. The summed E-state index contributed by atoms with van der Waals surface area (Å²) in [6.07, 6.45) is 15.4. The zero-order valence-corrected chi connectivity index (χ0v) is 51.3. The van der Waals surface area contributed by atoms with Crippen molar-refractivity contribution in [1.82, 2.24) is 19.9 Å². The fourth-order valence-electron chi connectivity index (χ4n) is 9.49. The summed E-state index contributed by atoms with van der Waals surface area (Å²) >= 11 is 7.40. The molecule has 13 heteroatoms. The van der Waals surface area contributed by atoms with Gasteiger partial charge in [0.15, 0.2) is 0 Å². The van der Waals surface area contributed by atoms with Crippen molar-refractivity contribution in [2.45, 2.75) is 55.4 Å². The topological polar surface area (TPSA) is 140 Å². The fraction of sp³-hybridized carbons (Fsp3) is 0.113. The van der Waals surface area contributed by atoms with Gasteiger partial charge in [-0.05, 0) is 197 Å². The van der Waals surface area contributed by atoms with Gasteiger partial charge >= 0.3 is 25.4 Å². The van der Waals surface area contributed by atoms with E-state index in [9.17, 15) is 4.79 Å². The van der Waals surface area contributed by atoms with Crippen LogP contribution < -0.4 is 9.80 Å². The molecule has 418 valence electrons. The largest absolute Gasteiger partial charge is 2.00 e. The van der Waals surface area contributed by atoms with E-state index in [-0.39, 0.29) is 25.0 Å². The maximum absolute atomic E-state index is 10.7. The molecule has 0 unspecified atom stereocenters. The Morgan fingerprint density at radius 1 is 0.405 bits per heavy atom. The van der Waals surface area contributed by atoms with E-state index in [2.05, 4.69) is 257 Å². The first kappa shape index (κ1) is 63.9. The third-order valence-corrected chi connectivity index (χ3v) is 13.4. The molecule has 0 saturated heterocycles. The summed E-state index contributed by atoms with van der Waals surface area (Å²) in [4.78, 5) is 33.0. The molecule has 10 rings (SSSR count). The Morgan fingerprint density at radius 2 is 0.726 bits per heavy atom. The first-order valence-electron chi connectivity index (χ1n) is 26.6. The number of hydrogen-bond donors (Lipinski definition) is 1. The van der Waals surface area contributed by atoms with E-state index < -0.39 is 5.97 Å². The minimum Gasteiger partial charge on any atom is -0.753 e. The molecular weight excluding hydrogens is 1160 g/mol. The third kappa shape index (κ3) is 17.4. The first-order chi connectivity index (χ1) is 40.1. The molecule has 0 spiro atoms. The van der Waals surface area contributed by atoms with Crippen molar-refractivity contribution in [3.05, 3.63) is 284 Å². The van der Waals surface area contributed by atoms with Crippen molar-refractivity contribution >= 4 is 99.2 Å². The van der Waals surface area contributed by atoms with Gasteiger partial charge in [0, 0.05) is 58.9 Å². The van der Waals surface area contributed by atoms with E-state index in [1.54, 1.807) is 18.3 Å². The van der Waals surface area contributed by atoms with Crippen LogP contribution in [-0.2, 0) is 19.5 Å². The number of benzene rings is 6. The molecule has 0 aliphatic rings. The number of isothiocyanates is 2. The number of aromatic nitrogens is 4. The van der Waals surface area contributed by atoms with Gasteiger partial charge in [-0.1, -0.05) is 150 Å². The van der Waals surface area contributed by atoms with Crippen LogP contribution in [0.5, 0.6) is 0 Å². The van der Waals surface area contributed by atoms with E-state index in [0.29, 0.717) is 11.4 Å². The molecule has 0 amide bonds. The van der Waals surface area contributed by atoms with Gasteiger partial charge in [0.1, 0.15) is 0 Å². The number of rotatable bonds is 13. The van der Waals surface area contributed by atoms with E-state index in [4.69, 9.17) is 25.9 Å². The smallest absolute Gasteiger partial charge is 0.753 e. The van der Waals surface area contributed by atoms with Gasteiger partial charge in [0.05, 0.1) is 28.3 Å². The average molecular weight is 1220 g/mol. The monoisotopic (exact) mass is 1220 g/mol. The minimum atomic E-state index is -0.963. The number of pyridine rings is 4. The number of aryl methyl sites for hydroxylation is 8. The minimum absolute atomic E-state index is 0. The molecule has 4 aromatic heterocycles. The van der Waals surface area contributed by atoms with Crippen LogP contribution in [0.1, 0.15) is 77.1 Å². The third-order valence-electron chi connectivity index (χ3n) is 13.4. The van der Waals surface area contributed by atoms with Gasteiger partial charge in [-0.15, -0.1) is 0 Å². The van der Waals surface area contributed by atoms with E-state index in [1.807, 2.05) is 30.6 Å². The summed E-state index contributed by atoms with van der Waals surface area (Å²) in [5.41, 5.74) is 24.5. The zero-order valence-electron chi connectivity index (χ0n) is 48.0. The molecule has 4 heterocycles. The molecule has 10 nitrogen and oxygen atoms in total. The summed E-state index contributed by atoms with van der Waals surface area (Å²) in [6, 6.07) is 60.9. The van der Waals surface area contributed by atoms with Crippen LogP contribution in [0, 0.1) is 55.4 Å². The van der Waals surface area contributed by atoms with Crippen LogP contribution >= 0.6 is 24.4 Å². The predicted molar refractivity (Wildman–Crippen MR) is 352 cm³/mol. The molecule has 10 aromatic rings. The summed E-state index contributed by atoms with van der Waals surface area (Å²) < 4.78 is 0. The van der Waals surface area contributed by atoms with Crippen LogP contribution in [0.3, 0.4) is 0 Å². The molecule has 0 radical (unpaired) electrons. The molecule has 84 heavy (non-hydrogen) atoms. The molecule has 0 aliphatic carbocycles. The van der Waals surface area contributed by atoms with Crippen LogP contribution in [0.25, 0.3) is 57.9 Å². The molecule has 0 bridgehead atoms. The normalized spacial score (nSPS) is 10.4. The van der Waals surface area contributed by atoms with Crippen LogP contribution in [-0.4, -0.2) is 41.3 Å². The molecule has 0 fully saturated rings. The summed E-state index contributed by atoms with van der Waals surface area (Å²) in [5, 5.41) is 25.7. The maximum Gasteiger partial charge on any atom is 2.00 e. The molecule has 0 saturated carbocycles. The number of carbonyl (C=O) groups is 1. The van der Waals surface area contributed by atoms with Crippen molar-refractivity contribution in [3.63, 3.8) is 0 Å². The van der Waals surface area contributed by atoms with Crippen molar-refractivity contribution in [2.75, 3.05) is 9.80 Å². The molecule has 0 aliphatic heterocycles. The quantitative estimate of drug-likeness (QED) is 0.0674. The number of hydrogen-bond acceptors (Lipinski definition) is 9. The Bertz CT molecular complexity index is 3690. The number of aromatic carboxylic acids is 1. The maximum atomic E-state index is 10.7. The number of nitrogens with zero attached hydrogens (tertiary/aromatic N) is 8. The standard InChI is InChI=1S/C58H54N4.C11H8N2O2.2CNS.Ru/c1-39-9-25-55(43(5)33-39)61(56-26-10-40(2)34-44(56)6)51-21-17-47(18-22-51)13-15-49-29-31-59-53(37-49)54-38-50(30-32-60-54)16-14-48-19-23-52(24-20-48)62(57-27-11-41(3)35-45(57)7)58-28-12-42(4)36-46(58)8;14-11(15)8-4-6-13-10(7-8)9-3-1-2-5-12-9;2*2-1-3;/h9-38H,1-8H3;1-7H,(H,14,15);;;/q;;2*-1;+2/b15-13+,16-14+;;;;. The second kappa shape index (κ2) is 31.2. The zero-order chi connectivity index (χ0) is 59.4. The fourth-order valence-corrected chi connectivity index (χ4v) is 9.49. The Morgan fingerprint density at radius 3 is 1.05 bits per heavy atom. The second-order valence-corrected chi connectivity index (χ2v) is 20.1. The molecule has 1 N–H and O–H groups in total. The Labute approximate surface area is 516 Å². The number of thiocarbonyl (C=S) groups is 2. The molecule has 6 aromatic carbocycles. The van der Waals surface area contributed by atoms with Gasteiger partial charge in [-0.25, -0.2) is 4.79 Å². The Hall–Kier alpha value is -9.31. The van der Waals surface area contributed by atoms with Gasteiger partial charge in [-0.2, -0.15) is 10.3 Å². The number of anilines is 6. The number of carboxylic acid groups (broad SMARTS) is 1. The predicted octanol–water partition coefficient (Wildman–Crippen LogP) is 19.0. The van der Waals surface area contributed by atoms with Crippen molar-refractivity contribution < 1.29 is 29.4 Å². The van der Waals surface area contributed by atoms with E-state index in [1.165, 1.54) is 95.9 Å².